The molecular weight excluding hydrogens is 368 g/mol. The lowest BCUT2D eigenvalue weighted by atomic mass is 10.1. The van der Waals surface area contributed by atoms with Gasteiger partial charge in [0, 0.05) is 42.8 Å². The number of esters is 1. The number of hydrogen-bond donors (Lipinski definition) is 1. The molecule has 2 heterocycles. The molecule has 0 saturated carbocycles. The van der Waals surface area contributed by atoms with Crippen LogP contribution in [-0.4, -0.2) is 46.4 Å². The molecular formula is C18H20N4O6. The van der Waals surface area contributed by atoms with E-state index >= 15 is 0 Å². The van der Waals surface area contributed by atoms with Gasteiger partial charge in [-0.05, 0) is 19.4 Å². The highest BCUT2D eigenvalue weighted by atomic mass is 16.6. The number of rotatable bonds is 7. The summed E-state index contributed by atoms with van der Waals surface area (Å²) in [5, 5.41) is 18.1. The van der Waals surface area contributed by atoms with Gasteiger partial charge in [0.1, 0.15) is 5.82 Å². The number of nitro benzene ring substituents is 1. The van der Waals surface area contributed by atoms with E-state index in [1.807, 2.05) is 0 Å². The largest absolute Gasteiger partial charge is 0.462 e. The monoisotopic (exact) mass is 388 g/mol. The summed E-state index contributed by atoms with van der Waals surface area (Å²) in [5.74, 6) is -0.546. The Morgan fingerprint density at radius 1 is 1.39 bits per heavy atom. The van der Waals surface area contributed by atoms with Crippen molar-refractivity contribution in [2.24, 2.45) is 5.92 Å². The van der Waals surface area contributed by atoms with Crippen LogP contribution in [0.3, 0.4) is 0 Å². The molecule has 148 valence electrons. The zero-order valence-corrected chi connectivity index (χ0v) is 15.3. The highest BCUT2D eigenvalue weighted by molar-refractivity contribution is 6.05. The third kappa shape index (κ3) is 4.52. The highest BCUT2D eigenvalue weighted by Crippen LogP contribution is 2.21. The van der Waals surface area contributed by atoms with Crippen LogP contribution < -0.4 is 5.32 Å². The highest BCUT2D eigenvalue weighted by Gasteiger charge is 2.21. The lowest BCUT2D eigenvalue weighted by Crippen LogP contribution is -2.19. The van der Waals surface area contributed by atoms with Crippen LogP contribution in [0.25, 0.3) is 0 Å². The van der Waals surface area contributed by atoms with Crippen LogP contribution >= 0.6 is 0 Å². The predicted molar refractivity (Wildman–Crippen MR) is 98.2 cm³/mol. The summed E-state index contributed by atoms with van der Waals surface area (Å²) in [6.07, 6.45) is 2.48. The molecule has 1 atom stereocenters. The third-order valence-corrected chi connectivity index (χ3v) is 4.32. The van der Waals surface area contributed by atoms with Crippen LogP contribution in [0.2, 0.25) is 0 Å². The lowest BCUT2D eigenvalue weighted by molar-refractivity contribution is -0.384. The first kappa shape index (κ1) is 19.5. The lowest BCUT2D eigenvalue weighted by Gasteiger charge is -2.12. The molecule has 2 aromatic rings. The fourth-order valence-corrected chi connectivity index (χ4v) is 2.92. The smallest absolute Gasteiger partial charge is 0.338 e. The topological polar surface area (TPSA) is 126 Å². The summed E-state index contributed by atoms with van der Waals surface area (Å²) in [5.41, 5.74) is -0.445. The molecule has 0 aliphatic carbocycles. The maximum absolute atomic E-state index is 12.7. The second kappa shape index (κ2) is 8.61. The van der Waals surface area contributed by atoms with Gasteiger partial charge in [0.25, 0.3) is 11.6 Å². The second-order valence-electron chi connectivity index (χ2n) is 6.33. The summed E-state index contributed by atoms with van der Waals surface area (Å²) in [7, 11) is 0. The normalized spacial score (nSPS) is 16.0. The number of amides is 1. The van der Waals surface area contributed by atoms with E-state index in [4.69, 9.17) is 9.47 Å². The van der Waals surface area contributed by atoms with Crippen LogP contribution in [-0.2, 0) is 16.0 Å². The van der Waals surface area contributed by atoms with Gasteiger partial charge < -0.3 is 14.8 Å². The van der Waals surface area contributed by atoms with E-state index in [2.05, 4.69) is 10.4 Å². The number of benzene rings is 1. The zero-order chi connectivity index (χ0) is 20.1. The van der Waals surface area contributed by atoms with Gasteiger partial charge in [0.2, 0.25) is 0 Å². The van der Waals surface area contributed by atoms with Gasteiger partial charge in [-0.3, -0.25) is 14.9 Å². The number of aromatic nitrogens is 2. The van der Waals surface area contributed by atoms with Gasteiger partial charge >= 0.3 is 5.97 Å². The Labute approximate surface area is 160 Å². The van der Waals surface area contributed by atoms with E-state index in [9.17, 15) is 19.7 Å². The first-order chi connectivity index (χ1) is 13.5. The molecule has 28 heavy (non-hydrogen) atoms. The molecule has 0 spiro atoms. The summed E-state index contributed by atoms with van der Waals surface area (Å²) in [4.78, 5) is 35.1. The van der Waals surface area contributed by atoms with Crippen LogP contribution in [0, 0.1) is 16.0 Å². The molecule has 0 unspecified atom stereocenters. The van der Waals surface area contributed by atoms with Crippen molar-refractivity contribution in [2.75, 3.05) is 25.1 Å². The Balaban J connectivity index is 1.81. The molecule has 1 aromatic heterocycles. The zero-order valence-electron chi connectivity index (χ0n) is 15.3. The van der Waals surface area contributed by atoms with Crippen molar-refractivity contribution in [3.05, 3.63) is 51.7 Å². The first-order valence-corrected chi connectivity index (χ1v) is 8.85. The Morgan fingerprint density at radius 2 is 2.18 bits per heavy atom. The van der Waals surface area contributed by atoms with E-state index in [-0.39, 0.29) is 23.4 Å². The Hall–Kier alpha value is -3.27. The van der Waals surface area contributed by atoms with Gasteiger partial charge in [-0.25, -0.2) is 9.48 Å². The number of nitrogens with one attached hydrogen (secondary N) is 1. The van der Waals surface area contributed by atoms with Crippen molar-refractivity contribution in [3.63, 3.8) is 0 Å². The fraction of sp³-hybridized carbons (Fsp3) is 0.389. The minimum absolute atomic E-state index is 0.0193. The minimum atomic E-state index is -0.730. The number of non-ortho nitro benzene ring substituents is 1. The van der Waals surface area contributed by atoms with Crippen LogP contribution in [0.15, 0.2) is 30.5 Å². The standard InChI is InChI=1S/C18H20N4O6/c1-2-28-18(24)14-7-13(8-15(9-14)22(25)26)17(23)20-16-3-5-19-21(16)10-12-4-6-27-11-12/h3,5,7-9,12H,2,4,6,10-11H2,1H3,(H,20,23)/t12-/m0/s1. The van der Waals surface area contributed by atoms with Crippen molar-refractivity contribution < 1.29 is 24.0 Å². The van der Waals surface area contributed by atoms with E-state index in [0.717, 1.165) is 18.6 Å². The fourth-order valence-electron chi connectivity index (χ4n) is 2.92. The van der Waals surface area contributed by atoms with Gasteiger partial charge in [-0.1, -0.05) is 0 Å². The molecule has 0 radical (unpaired) electrons. The molecule has 10 heteroatoms. The molecule has 1 saturated heterocycles. The average molecular weight is 388 g/mol. The number of anilines is 1. The van der Waals surface area contributed by atoms with Crippen LogP contribution in [0.1, 0.15) is 34.1 Å². The summed E-state index contributed by atoms with van der Waals surface area (Å²) < 4.78 is 11.9. The van der Waals surface area contributed by atoms with Crippen LogP contribution in [0.4, 0.5) is 11.5 Å². The molecule has 10 nitrogen and oxygen atoms in total. The number of hydrogen-bond acceptors (Lipinski definition) is 7. The van der Waals surface area contributed by atoms with E-state index < -0.39 is 16.8 Å². The first-order valence-electron chi connectivity index (χ1n) is 8.85. The summed E-state index contributed by atoms with van der Waals surface area (Å²) >= 11 is 0. The van der Waals surface area contributed by atoms with Gasteiger partial charge in [0.15, 0.2) is 0 Å². The maximum atomic E-state index is 12.7. The van der Waals surface area contributed by atoms with Crippen molar-refractivity contribution in [1.82, 2.24) is 9.78 Å². The Bertz CT molecular complexity index is 888. The molecule has 0 bridgehead atoms. The van der Waals surface area contributed by atoms with Crippen molar-refractivity contribution in [3.8, 4) is 0 Å². The molecule has 1 aliphatic rings. The van der Waals surface area contributed by atoms with Crippen LogP contribution in [0.5, 0.6) is 0 Å². The molecule has 1 N–H and O–H groups in total. The van der Waals surface area contributed by atoms with E-state index in [0.29, 0.717) is 31.5 Å². The maximum Gasteiger partial charge on any atom is 0.338 e. The number of nitrogens with zero attached hydrogens (tertiary/aromatic N) is 3. The number of carbonyl (C=O) groups is 2. The minimum Gasteiger partial charge on any atom is -0.462 e. The molecule has 3 rings (SSSR count). The molecule has 1 aromatic carbocycles. The third-order valence-electron chi connectivity index (χ3n) is 4.32. The summed E-state index contributed by atoms with van der Waals surface area (Å²) in [6.45, 7) is 3.68. The number of carbonyl (C=O) groups excluding carboxylic acids is 2. The molecule has 1 fully saturated rings. The van der Waals surface area contributed by atoms with Gasteiger partial charge in [0.05, 0.1) is 29.9 Å². The molecule has 1 amide bonds. The van der Waals surface area contributed by atoms with Gasteiger partial charge in [-0.2, -0.15) is 5.10 Å². The second-order valence-corrected chi connectivity index (χ2v) is 6.33. The van der Waals surface area contributed by atoms with Gasteiger partial charge in [-0.15, -0.1) is 0 Å². The average Bonchev–Trinajstić information content (AvgIpc) is 3.34. The van der Waals surface area contributed by atoms with Crippen molar-refractivity contribution in [1.29, 1.82) is 0 Å². The van der Waals surface area contributed by atoms with Crippen molar-refractivity contribution in [2.45, 2.75) is 19.9 Å². The Kier molecular flexibility index (Phi) is 5.99. The number of ether oxygens (including phenoxy) is 2. The SMILES string of the molecule is CCOC(=O)c1cc(C(=O)Nc2ccnn2C[C@@H]2CCOC2)cc([N+](=O)[O-])c1. The van der Waals surface area contributed by atoms with E-state index in [1.165, 1.54) is 6.07 Å². The molecule has 1 aliphatic heterocycles. The summed E-state index contributed by atoms with van der Waals surface area (Å²) in [6, 6.07) is 5.10. The predicted octanol–water partition coefficient (Wildman–Crippen LogP) is 2.26. The van der Waals surface area contributed by atoms with E-state index in [1.54, 1.807) is 23.9 Å². The number of nitro groups is 1. The quantitative estimate of drug-likeness (QED) is 0.438. The van der Waals surface area contributed by atoms with Crippen molar-refractivity contribution >= 4 is 23.4 Å². The Morgan fingerprint density at radius 3 is 2.86 bits per heavy atom.